The van der Waals surface area contributed by atoms with Crippen LogP contribution in [0.5, 0.6) is 0 Å². The zero-order valence-electron chi connectivity index (χ0n) is 21.5. The van der Waals surface area contributed by atoms with E-state index in [1.807, 2.05) is 0 Å². The molecule has 196 valence electrons. The maximum atomic E-state index is 13.6. The molecule has 1 aliphatic heterocycles. The van der Waals surface area contributed by atoms with Crippen LogP contribution in [0.2, 0.25) is 0 Å². The number of nitrogens with zero attached hydrogens (tertiary/aromatic N) is 1. The van der Waals surface area contributed by atoms with Gasteiger partial charge in [0.25, 0.3) is 0 Å². The van der Waals surface area contributed by atoms with Gasteiger partial charge in [0.05, 0.1) is 6.04 Å². The van der Waals surface area contributed by atoms with Gasteiger partial charge in [0.2, 0.25) is 0 Å². The van der Waals surface area contributed by atoms with Crippen molar-refractivity contribution in [2.45, 2.75) is 114 Å². The summed E-state index contributed by atoms with van der Waals surface area (Å²) >= 11 is 0. The van der Waals surface area contributed by atoms with Crippen molar-refractivity contribution in [3.63, 3.8) is 0 Å². The Morgan fingerprint density at radius 1 is 1.11 bits per heavy atom. The number of ketones is 1. The van der Waals surface area contributed by atoms with Crippen molar-refractivity contribution in [3.05, 3.63) is 11.1 Å². The third-order valence-electron chi connectivity index (χ3n) is 10.8. The van der Waals surface area contributed by atoms with Gasteiger partial charge in [0, 0.05) is 28.9 Å². The Morgan fingerprint density at radius 2 is 1.91 bits per heavy atom. The van der Waals surface area contributed by atoms with Crippen molar-refractivity contribution in [1.29, 1.82) is 0 Å². The number of aliphatic hydroxyl groups is 1. The molecule has 2 spiro atoms. The molecule has 5 aliphatic rings. The predicted octanol–water partition coefficient (Wildman–Crippen LogP) is 5.75. The van der Waals surface area contributed by atoms with Crippen molar-refractivity contribution in [1.82, 2.24) is 0 Å². The summed E-state index contributed by atoms with van der Waals surface area (Å²) in [4.78, 5) is 18.5. The number of carbonyl (C=O) groups excluding carboxylic acids is 1. The van der Waals surface area contributed by atoms with Crippen LogP contribution in [-0.4, -0.2) is 40.0 Å². The highest BCUT2D eigenvalue weighted by Crippen LogP contribution is 2.74. The molecule has 0 radical (unpaired) electrons. The van der Waals surface area contributed by atoms with E-state index < -0.39 is 0 Å². The van der Waals surface area contributed by atoms with Crippen LogP contribution >= 0.6 is 21.6 Å². The molecule has 3 saturated carbocycles. The number of carbonyl (C=O) groups is 1. The highest BCUT2D eigenvalue weighted by molar-refractivity contribution is 8.77. The van der Waals surface area contributed by atoms with E-state index >= 15 is 0 Å². The van der Waals surface area contributed by atoms with Gasteiger partial charge >= 0.3 is 0 Å². The number of Topliss-reactive ketones (excluding diaryl/α,β-unsaturated/α-hetero) is 1. The molecule has 5 N–H and O–H groups in total. The number of hydrogen-bond acceptors (Lipinski definition) is 5. The summed E-state index contributed by atoms with van der Waals surface area (Å²) in [6.07, 6.45) is 16.5. The lowest BCUT2D eigenvalue weighted by atomic mass is 9.50. The maximum absolute atomic E-state index is 13.6. The van der Waals surface area contributed by atoms with Crippen LogP contribution in [0.3, 0.4) is 0 Å². The number of aliphatic hydroxyl groups excluding tert-OH is 1. The standard InChI is InChI=1S/C28H45N3O2S2/c1-26-14-16-34-35-27(12-3-2-4-13-27)24(31-25(29)30)9-5-8-21-22-17-20(26)11-10-19(7-6-15-32)28(22,26)18-23(21)33/h19-20,24,32H,2-18H2,1H3,(H4,29,30,31). The first kappa shape index (κ1) is 26.0. The summed E-state index contributed by atoms with van der Waals surface area (Å²) in [7, 11) is 4.14. The molecule has 1 heterocycles. The van der Waals surface area contributed by atoms with Crippen LogP contribution in [-0.2, 0) is 4.79 Å². The van der Waals surface area contributed by atoms with Gasteiger partial charge < -0.3 is 16.6 Å². The second-order valence-corrected chi connectivity index (χ2v) is 15.1. The third-order valence-corrected chi connectivity index (χ3v) is 14.1. The minimum atomic E-state index is 0.0402. The number of rotatable bonds is 4. The van der Waals surface area contributed by atoms with Crippen molar-refractivity contribution < 1.29 is 9.90 Å². The lowest BCUT2D eigenvalue weighted by Crippen LogP contribution is -2.48. The van der Waals surface area contributed by atoms with Crippen LogP contribution in [0.15, 0.2) is 16.1 Å². The summed E-state index contributed by atoms with van der Waals surface area (Å²) in [5.74, 6) is 3.00. The Morgan fingerprint density at radius 3 is 2.66 bits per heavy atom. The van der Waals surface area contributed by atoms with Gasteiger partial charge in [-0.15, -0.1) is 0 Å². The van der Waals surface area contributed by atoms with Gasteiger partial charge in [-0.3, -0.25) is 4.79 Å². The molecule has 0 saturated heterocycles. The maximum Gasteiger partial charge on any atom is 0.186 e. The molecule has 3 fully saturated rings. The Bertz CT molecular complexity index is 879. The SMILES string of the molecule is CC12CCSSC3(CCCCC3)C(N=C(N)N)CCCC3=C4CC1CCC(CCCO)C42CC3=O. The smallest absolute Gasteiger partial charge is 0.186 e. The normalized spacial score (nSPS) is 39.1. The number of nitrogens with two attached hydrogens (primary N) is 2. The molecule has 7 heteroatoms. The monoisotopic (exact) mass is 519 g/mol. The summed E-state index contributed by atoms with van der Waals surface area (Å²) < 4.78 is 0.111. The van der Waals surface area contributed by atoms with E-state index in [9.17, 15) is 9.90 Å². The number of allylic oxidation sites excluding steroid dienone is 2. The first-order valence-electron chi connectivity index (χ1n) is 14.1. The van der Waals surface area contributed by atoms with Crippen molar-refractivity contribution in [3.8, 4) is 0 Å². The quantitative estimate of drug-likeness (QED) is 0.248. The van der Waals surface area contributed by atoms with Gasteiger partial charge in [-0.25, -0.2) is 4.99 Å². The zero-order chi connectivity index (χ0) is 24.7. The van der Waals surface area contributed by atoms with E-state index in [-0.39, 0.29) is 34.2 Å². The van der Waals surface area contributed by atoms with Crippen LogP contribution in [0, 0.1) is 22.7 Å². The molecule has 0 aromatic heterocycles. The minimum absolute atomic E-state index is 0.0402. The topological polar surface area (TPSA) is 102 Å². The van der Waals surface area contributed by atoms with Crippen molar-refractivity contribution in [2.24, 2.45) is 39.1 Å². The Balaban J connectivity index is 1.51. The van der Waals surface area contributed by atoms with E-state index in [1.165, 1.54) is 62.5 Å². The van der Waals surface area contributed by atoms with E-state index in [2.05, 4.69) is 28.5 Å². The van der Waals surface area contributed by atoms with Gasteiger partial charge in [0.1, 0.15) is 0 Å². The van der Waals surface area contributed by atoms with E-state index in [0.717, 1.165) is 50.7 Å². The molecule has 0 amide bonds. The molecule has 5 atom stereocenters. The zero-order valence-corrected chi connectivity index (χ0v) is 23.2. The third kappa shape index (κ3) is 4.29. The fourth-order valence-electron chi connectivity index (χ4n) is 9.10. The summed E-state index contributed by atoms with van der Waals surface area (Å²) in [6, 6.07) is 0.131. The minimum Gasteiger partial charge on any atom is -0.396 e. The molecule has 5 rings (SSSR count). The summed E-state index contributed by atoms with van der Waals surface area (Å²) in [6.45, 7) is 2.79. The number of guanidine groups is 1. The van der Waals surface area contributed by atoms with E-state index in [0.29, 0.717) is 17.6 Å². The predicted molar refractivity (Wildman–Crippen MR) is 148 cm³/mol. The van der Waals surface area contributed by atoms with Crippen molar-refractivity contribution >= 4 is 33.3 Å². The van der Waals surface area contributed by atoms with Crippen LogP contribution in [0.25, 0.3) is 0 Å². The van der Waals surface area contributed by atoms with Crippen LogP contribution in [0.4, 0.5) is 0 Å². The molecule has 0 aromatic rings. The van der Waals surface area contributed by atoms with Gasteiger partial charge in [-0.1, -0.05) is 53.3 Å². The van der Waals surface area contributed by atoms with E-state index in [4.69, 9.17) is 16.5 Å². The van der Waals surface area contributed by atoms with Crippen molar-refractivity contribution in [2.75, 3.05) is 12.4 Å². The first-order valence-corrected chi connectivity index (χ1v) is 16.4. The summed E-state index contributed by atoms with van der Waals surface area (Å²) in [5, 5.41) is 9.63. The highest BCUT2D eigenvalue weighted by Gasteiger charge is 2.67. The van der Waals surface area contributed by atoms with Crippen LogP contribution < -0.4 is 11.5 Å². The molecular weight excluding hydrogens is 474 g/mol. The second kappa shape index (κ2) is 10.2. The first-order chi connectivity index (χ1) is 16.9. The van der Waals surface area contributed by atoms with Gasteiger partial charge in [0.15, 0.2) is 11.7 Å². The summed E-state index contributed by atoms with van der Waals surface area (Å²) in [5.41, 5.74) is 14.8. The number of hydrogen-bond donors (Lipinski definition) is 3. The fourth-order valence-corrected chi connectivity index (χ4v) is 12.7. The molecule has 35 heavy (non-hydrogen) atoms. The highest BCUT2D eigenvalue weighted by atomic mass is 33.1. The molecule has 5 bridgehead atoms. The molecule has 5 unspecified atom stereocenters. The Labute approximate surface area is 219 Å². The largest absolute Gasteiger partial charge is 0.396 e. The molecular formula is C28H45N3O2S2. The molecule has 5 nitrogen and oxygen atoms in total. The van der Waals surface area contributed by atoms with E-state index in [1.54, 1.807) is 0 Å². The van der Waals surface area contributed by atoms with Gasteiger partial charge in [-0.2, -0.15) is 0 Å². The fraction of sp³-hybridized carbons (Fsp3) is 0.857. The Hall–Kier alpha value is -0.660. The van der Waals surface area contributed by atoms with Crippen LogP contribution in [0.1, 0.15) is 103 Å². The average Bonchev–Trinajstić information content (AvgIpc) is 3.16. The lowest BCUT2D eigenvalue weighted by Gasteiger charge is -2.54. The average molecular weight is 520 g/mol. The second-order valence-electron chi connectivity index (χ2n) is 12.2. The Kier molecular flexibility index (Phi) is 7.60. The number of aliphatic imine (C=N–C) groups is 1. The molecule has 0 aromatic carbocycles. The molecule has 4 aliphatic carbocycles. The lowest BCUT2D eigenvalue weighted by molar-refractivity contribution is -0.121. The van der Waals surface area contributed by atoms with Gasteiger partial charge in [-0.05, 0) is 93.5 Å².